The molecule has 0 saturated carbocycles. The molecule has 0 heterocycles. The molecular formula is C23H21F3N2O4S. The highest BCUT2D eigenvalue weighted by molar-refractivity contribution is 7.92. The van der Waals surface area contributed by atoms with Gasteiger partial charge in [0.1, 0.15) is 5.75 Å². The summed E-state index contributed by atoms with van der Waals surface area (Å²) in [5.74, 6) is -0.633. The van der Waals surface area contributed by atoms with Gasteiger partial charge in [0.05, 0.1) is 28.4 Å². The van der Waals surface area contributed by atoms with E-state index < -0.39 is 27.7 Å². The van der Waals surface area contributed by atoms with Gasteiger partial charge in [0.15, 0.2) is 0 Å². The first kappa shape index (κ1) is 24.1. The summed E-state index contributed by atoms with van der Waals surface area (Å²) in [6, 6.07) is 14.7. The second kappa shape index (κ2) is 9.53. The van der Waals surface area contributed by atoms with Crippen LogP contribution in [-0.2, 0) is 16.2 Å². The average Bonchev–Trinajstić information content (AvgIpc) is 2.76. The van der Waals surface area contributed by atoms with Crippen LogP contribution in [0.4, 0.5) is 24.5 Å². The number of para-hydroxylation sites is 1. The molecule has 0 radical (unpaired) electrons. The number of benzene rings is 3. The van der Waals surface area contributed by atoms with Crippen molar-refractivity contribution in [3.8, 4) is 5.75 Å². The van der Waals surface area contributed by atoms with E-state index in [1.54, 1.807) is 38.1 Å². The van der Waals surface area contributed by atoms with E-state index in [1.807, 2.05) is 0 Å². The number of carbonyl (C=O) groups excluding carboxylic acids is 1. The molecule has 0 atom stereocenters. The molecule has 1 amide bonds. The van der Waals surface area contributed by atoms with Gasteiger partial charge in [0.2, 0.25) is 0 Å². The molecule has 0 aromatic heterocycles. The number of alkyl halides is 3. The zero-order valence-electron chi connectivity index (χ0n) is 17.7. The highest BCUT2D eigenvalue weighted by Crippen LogP contribution is 2.35. The highest BCUT2D eigenvalue weighted by atomic mass is 32.2. The quantitative estimate of drug-likeness (QED) is 0.472. The summed E-state index contributed by atoms with van der Waals surface area (Å²) in [6.07, 6.45) is -4.59. The van der Waals surface area contributed by atoms with Crippen LogP contribution in [0.25, 0.3) is 0 Å². The third-order valence-electron chi connectivity index (χ3n) is 4.67. The van der Waals surface area contributed by atoms with E-state index >= 15 is 0 Å². The average molecular weight is 478 g/mol. The minimum absolute atomic E-state index is 0.0599. The Balaban J connectivity index is 1.81. The van der Waals surface area contributed by atoms with E-state index in [-0.39, 0.29) is 28.5 Å². The Morgan fingerprint density at radius 1 is 0.970 bits per heavy atom. The summed E-state index contributed by atoms with van der Waals surface area (Å²) >= 11 is 0. The smallest absolute Gasteiger partial charge is 0.416 e. The predicted molar refractivity (Wildman–Crippen MR) is 119 cm³/mol. The molecule has 174 valence electrons. The fourth-order valence-corrected chi connectivity index (χ4v) is 4.09. The molecule has 0 bridgehead atoms. The molecule has 3 aromatic carbocycles. The van der Waals surface area contributed by atoms with Crippen molar-refractivity contribution in [1.82, 2.24) is 0 Å². The number of halogens is 3. The molecular weight excluding hydrogens is 457 g/mol. The molecule has 2 N–H and O–H groups in total. The summed E-state index contributed by atoms with van der Waals surface area (Å²) < 4.78 is 72.3. The Morgan fingerprint density at radius 2 is 1.64 bits per heavy atom. The molecule has 10 heteroatoms. The van der Waals surface area contributed by atoms with Crippen LogP contribution in [0.5, 0.6) is 5.75 Å². The van der Waals surface area contributed by atoms with Gasteiger partial charge < -0.3 is 10.1 Å². The van der Waals surface area contributed by atoms with E-state index in [2.05, 4.69) is 10.0 Å². The van der Waals surface area contributed by atoms with Crippen molar-refractivity contribution in [1.29, 1.82) is 0 Å². The normalized spacial score (nSPS) is 11.7. The van der Waals surface area contributed by atoms with Crippen LogP contribution in [0.3, 0.4) is 0 Å². The topological polar surface area (TPSA) is 84.5 Å². The first-order valence-corrected chi connectivity index (χ1v) is 11.3. The fourth-order valence-electron chi connectivity index (χ4n) is 2.96. The lowest BCUT2D eigenvalue weighted by atomic mass is 10.1. The van der Waals surface area contributed by atoms with Crippen LogP contribution in [0, 0.1) is 6.92 Å². The second-order valence-electron chi connectivity index (χ2n) is 7.04. The van der Waals surface area contributed by atoms with Gasteiger partial charge in [-0.25, -0.2) is 8.42 Å². The molecule has 0 aliphatic rings. The molecule has 0 spiro atoms. The van der Waals surface area contributed by atoms with Gasteiger partial charge in [-0.3, -0.25) is 9.52 Å². The Morgan fingerprint density at radius 3 is 2.24 bits per heavy atom. The number of carbonyl (C=O) groups is 1. The maximum absolute atomic E-state index is 13.1. The largest absolute Gasteiger partial charge is 0.492 e. The number of ether oxygens (including phenoxy) is 1. The Bertz CT molecular complexity index is 1260. The lowest BCUT2D eigenvalue weighted by molar-refractivity contribution is -0.137. The first-order chi connectivity index (χ1) is 15.5. The molecule has 6 nitrogen and oxygen atoms in total. The molecule has 3 rings (SSSR count). The molecule has 0 aliphatic carbocycles. The Kier molecular flexibility index (Phi) is 6.97. The third kappa shape index (κ3) is 5.83. The zero-order chi connectivity index (χ0) is 24.2. The van der Waals surface area contributed by atoms with Gasteiger partial charge in [-0.05, 0) is 67.9 Å². The minimum Gasteiger partial charge on any atom is -0.492 e. The van der Waals surface area contributed by atoms with E-state index in [1.165, 1.54) is 24.3 Å². The van der Waals surface area contributed by atoms with Gasteiger partial charge >= 0.3 is 6.18 Å². The van der Waals surface area contributed by atoms with Crippen molar-refractivity contribution in [2.45, 2.75) is 24.9 Å². The number of hydrogen-bond acceptors (Lipinski definition) is 4. The fraction of sp³-hybridized carbons (Fsp3) is 0.174. The summed E-state index contributed by atoms with van der Waals surface area (Å²) in [6.45, 7) is 3.61. The lowest BCUT2D eigenvalue weighted by Gasteiger charge is -2.15. The van der Waals surface area contributed by atoms with Gasteiger partial charge in [-0.1, -0.05) is 18.2 Å². The summed E-state index contributed by atoms with van der Waals surface area (Å²) in [4.78, 5) is 12.5. The summed E-state index contributed by atoms with van der Waals surface area (Å²) in [5, 5.41) is 2.40. The maximum atomic E-state index is 13.1. The molecule has 33 heavy (non-hydrogen) atoms. The van der Waals surface area contributed by atoms with Crippen molar-refractivity contribution >= 4 is 27.3 Å². The van der Waals surface area contributed by atoms with Gasteiger partial charge in [-0.2, -0.15) is 13.2 Å². The van der Waals surface area contributed by atoms with Crippen LogP contribution >= 0.6 is 0 Å². The molecule has 0 aliphatic heterocycles. The minimum atomic E-state index is -4.59. The predicted octanol–water partition coefficient (Wildman–Crippen LogP) is 5.47. The van der Waals surface area contributed by atoms with Crippen molar-refractivity contribution in [3.05, 3.63) is 83.4 Å². The van der Waals surface area contributed by atoms with Gasteiger partial charge in [0, 0.05) is 5.56 Å². The van der Waals surface area contributed by atoms with Crippen LogP contribution in [0.2, 0.25) is 0 Å². The van der Waals surface area contributed by atoms with Crippen LogP contribution < -0.4 is 14.8 Å². The third-order valence-corrected chi connectivity index (χ3v) is 6.05. The maximum Gasteiger partial charge on any atom is 0.416 e. The number of rotatable bonds is 7. The van der Waals surface area contributed by atoms with Crippen LogP contribution in [-0.4, -0.2) is 20.9 Å². The zero-order valence-corrected chi connectivity index (χ0v) is 18.5. The first-order valence-electron chi connectivity index (χ1n) is 9.85. The number of hydrogen-bond donors (Lipinski definition) is 2. The Labute approximate surface area is 189 Å². The molecule has 0 unspecified atom stereocenters. The van der Waals surface area contributed by atoms with Gasteiger partial charge in [0.25, 0.3) is 15.9 Å². The number of sulfonamides is 1. The monoisotopic (exact) mass is 478 g/mol. The lowest BCUT2D eigenvalue weighted by Crippen LogP contribution is -2.16. The van der Waals surface area contributed by atoms with E-state index in [0.717, 1.165) is 23.8 Å². The SMILES string of the molecule is CCOc1ccc(C(F)(F)F)cc1NC(=O)c1ccc(S(=O)(=O)Nc2ccccc2C)cc1. The van der Waals surface area contributed by atoms with Crippen molar-refractivity contribution < 1.29 is 31.1 Å². The van der Waals surface area contributed by atoms with E-state index in [9.17, 15) is 26.4 Å². The van der Waals surface area contributed by atoms with Gasteiger partial charge in [-0.15, -0.1) is 0 Å². The Hall–Kier alpha value is -3.53. The highest BCUT2D eigenvalue weighted by Gasteiger charge is 2.31. The molecule has 3 aromatic rings. The second-order valence-corrected chi connectivity index (χ2v) is 8.72. The number of amides is 1. The molecule has 0 saturated heterocycles. The molecule has 0 fully saturated rings. The van der Waals surface area contributed by atoms with Crippen LogP contribution in [0.15, 0.2) is 71.6 Å². The summed E-state index contributed by atoms with van der Waals surface area (Å²) in [5.41, 5.74) is 0.139. The van der Waals surface area contributed by atoms with E-state index in [4.69, 9.17) is 4.74 Å². The standard InChI is InChI=1S/C23H21F3N2O4S/c1-3-32-21-13-10-17(23(24,25)26)14-20(21)27-22(29)16-8-11-18(12-9-16)33(30,31)28-19-7-5-4-6-15(19)2/h4-14,28H,3H2,1-2H3,(H,27,29). The van der Waals surface area contributed by atoms with E-state index in [0.29, 0.717) is 5.69 Å². The number of aryl methyl sites for hydroxylation is 1. The van der Waals surface area contributed by atoms with Crippen molar-refractivity contribution in [2.75, 3.05) is 16.6 Å². The number of nitrogens with one attached hydrogen (secondary N) is 2. The van der Waals surface area contributed by atoms with Crippen molar-refractivity contribution in [2.24, 2.45) is 0 Å². The number of anilines is 2. The summed E-state index contributed by atoms with van der Waals surface area (Å²) in [7, 11) is -3.90. The van der Waals surface area contributed by atoms with Crippen molar-refractivity contribution in [3.63, 3.8) is 0 Å². The van der Waals surface area contributed by atoms with Crippen LogP contribution in [0.1, 0.15) is 28.4 Å².